The summed E-state index contributed by atoms with van der Waals surface area (Å²) in [4.78, 5) is 32.0. The number of aliphatic hydroxyl groups excluding tert-OH is 1. The Balaban J connectivity index is 0.00000148. The van der Waals surface area contributed by atoms with E-state index in [9.17, 15) is 9.59 Å². The van der Waals surface area contributed by atoms with Gasteiger partial charge in [0.15, 0.2) is 0 Å². The number of hydrogen-bond acceptors (Lipinski definition) is 5. The zero-order valence-corrected chi connectivity index (χ0v) is 20.7. The van der Waals surface area contributed by atoms with E-state index in [0.29, 0.717) is 17.7 Å². The summed E-state index contributed by atoms with van der Waals surface area (Å²) < 4.78 is 0. The van der Waals surface area contributed by atoms with E-state index in [1.165, 1.54) is 12.8 Å². The Labute approximate surface area is 212 Å². The molecule has 36 heavy (non-hydrogen) atoms. The lowest BCUT2D eigenvalue weighted by Crippen LogP contribution is -2.45. The van der Waals surface area contributed by atoms with Crippen LogP contribution in [0.4, 0.5) is 0 Å². The standard InChI is InChI=1S/C28H30N4O2.CH4O/c33-27(23-6-4-21(5-7-23)22-10-14-29-15-11-22)30-19-20-2-1-3-24(18-20)28(34)31-25-12-16-32(17-13-25)26-8-9-26;1-2/h1-7,10-11,14-15,18,25-26H,8-9,12-13,16-17,19H2,(H,30,33)(H,31,34);2H,1H3. The Morgan fingerprint density at radius 1 is 0.861 bits per heavy atom. The van der Waals surface area contributed by atoms with Crippen molar-refractivity contribution in [2.24, 2.45) is 0 Å². The maximum absolute atomic E-state index is 12.8. The third-order valence-electron chi connectivity index (χ3n) is 6.73. The van der Waals surface area contributed by atoms with E-state index < -0.39 is 0 Å². The van der Waals surface area contributed by atoms with Crippen LogP contribution in [0.3, 0.4) is 0 Å². The van der Waals surface area contributed by atoms with Crippen molar-refractivity contribution in [3.63, 3.8) is 0 Å². The highest BCUT2D eigenvalue weighted by Crippen LogP contribution is 2.29. The van der Waals surface area contributed by atoms with Gasteiger partial charge in [-0.05, 0) is 78.8 Å². The maximum Gasteiger partial charge on any atom is 0.251 e. The number of nitrogens with zero attached hydrogens (tertiary/aromatic N) is 2. The minimum atomic E-state index is -0.140. The van der Waals surface area contributed by atoms with Crippen molar-refractivity contribution in [3.8, 4) is 11.1 Å². The van der Waals surface area contributed by atoms with Crippen LogP contribution in [-0.2, 0) is 6.54 Å². The number of benzene rings is 2. The van der Waals surface area contributed by atoms with E-state index in [-0.39, 0.29) is 17.9 Å². The molecule has 2 fully saturated rings. The summed E-state index contributed by atoms with van der Waals surface area (Å²) in [6.45, 7) is 2.52. The quantitative estimate of drug-likeness (QED) is 0.474. The van der Waals surface area contributed by atoms with Gasteiger partial charge in [-0.3, -0.25) is 14.6 Å². The summed E-state index contributed by atoms with van der Waals surface area (Å²) in [6.07, 6.45) is 8.19. The molecule has 0 radical (unpaired) electrons. The van der Waals surface area contributed by atoms with Gasteiger partial charge in [-0.25, -0.2) is 0 Å². The van der Waals surface area contributed by atoms with Gasteiger partial charge in [-0.2, -0.15) is 0 Å². The van der Waals surface area contributed by atoms with Gasteiger partial charge in [-0.15, -0.1) is 0 Å². The zero-order valence-electron chi connectivity index (χ0n) is 20.7. The molecular weight excluding hydrogens is 452 g/mol. The van der Waals surface area contributed by atoms with Gasteiger partial charge in [0.05, 0.1) is 0 Å². The molecule has 1 aliphatic carbocycles. The van der Waals surface area contributed by atoms with E-state index in [2.05, 4.69) is 20.5 Å². The monoisotopic (exact) mass is 486 g/mol. The molecule has 1 aromatic heterocycles. The predicted molar refractivity (Wildman–Crippen MR) is 141 cm³/mol. The second-order valence-electron chi connectivity index (χ2n) is 9.21. The number of rotatable bonds is 7. The zero-order chi connectivity index (χ0) is 25.3. The molecule has 0 unspecified atom stereocenters. The van der Waals surface area contributed by atoms with E-state index in [1.54, 1.807) is 12.4 Å². The number of pyridine rings is 1. The lowest BCUT2D eigenvalue weighted by molar-refractivity contribution is 0.0908. The summed E-state index contributed by atoms with van der Waals surface area (Å²) >= 11 is 0. The third kappa shape index (κ3) is 6.77. The van der Waals surface area contributed by atoms with Crippen molar-refractivity contribution in [2.75, 3.05) is 20.2 Å². The molecule has 2 aromatic carbocycles. The highest BCUT2D eigenvalue weighted by molar-refractivity contribution is 5.95. The van der Waals surface area contributed by atoms with Crippen molar-refractivity contribution in [1.29, 1.82) is 0 Å². The molecule has 188 valence electrons. The SMILES string of the molecule is CO.O=C(NCc1cccc(C(=O)NC2CCN(C3CC3)CC2)c1)c1ccc(-c2ccncc2)cc1. The molecule has 1 aliphatic heterocycles. The van der Waals surface area contributed by atoms with Gasteiger partial charge in [-0.1, -0.05) is 24.3 Å². The van der Waals surface area contributed by atoms with Crippen LogP contribution in [0.25, 0.3) is 11.1 Å². The highest BCUT2D eigenvalue weighted by Gasteiger charge is 2.32. The molecule has 3 N–H and O–H groups in total. The second-order valence-corrected chi connectivity index (χ2v) is 9.21. The van der Waals surface area contributed by atoms with Crippen LogP contribution in [0.2, 0.25) is 0 Å². The van der Waals surface area contributed by atoms with Gasteiger partial charge < -0.3 is 20.6 Å². The molecule has 7 heteroatoms. The van der Waals surface area contributed by atoms with Crippen LogP contribution < -0.4 is 10.6 Å². The van der Waals surface area contributed by atoms with Crippen LogP contribution in [0.5, 0.6) is 0 Å². The summed E-state index contributed by atoms with van der Waals surface area (Å²) in [6, 6.07) is 19.9. The van der Waals surface area contributed by atoms with Crippen molar-refractivity contribution >= 4 is 11.8 Å². The van der Waals surface area contributed by atoms with Crippen LogP contribution in [-0.4, -0.2) is 59.1 Å². The topological polar surface area (TPSA) is 94.6 Å². The van der Waals surface area contributed by atoms with Gasteiger partial charge in [0.2, 0.25) is 0 Å². The molecule has 2 aliphatic rings. The van der Waals surface area contributed by atoms with E-state index in [1.807, 2.05) is 60.7 Å². The number of aromatic nitrogens is 1. The number of amides is 2. The van der Waals surface area contributed by atoms with Crippen LogP contribution in [0, 0.1) is 0 Å². The summed E-state index contributed by atoms with van der Waals surface area (Å²) in [5, 5.41) is 13.2. The molecule has 2 amide bonds. The number of hydrogen-bond donors (Lipinski definition) is 3. The second kappa shape index (κ2) is 12.4. The fourth-order valence-electron chi connectivity index (χ4n) is 4.58. The smallest absolute Gasteiger partial charge is 0.251 e. The van der Waals surface area contributed by atoms with Gasteiger partial charge in [0.1, 0.15) is 0 Å². The third-order valence-corrected chi connectivity index (χ3v) is 6.73. The molecule has 1 saturated heterocycles. The normalized spacial score (nSPS) is 15.9. The van der Waals surface area contributed by atoms with Crippen molar-refractivity contribution in [2.45, 2.75) is 44.3 Å². The number of nitrogens with one attached hydrogen (secondary N) is 2. The van der Waals surface area contributed by atoms with Crippen LogP contribution >= 0.6 is 0 Å². The maximum atomic E-state index is 12.8. The molecule has 0 spiro atoms. The Kier molecular flexibility index (Phi) is 8.81. The van der Waals surface area contributed by atoms with Crippen molar-refractivity contribution in [3.05, 3.63) is 89.7 Å². The van der Waals surface area contributed by atoms with E-state index in [0.717, 1.165) is 55.8 Å². The first-order valence-corrected chi connectivity index (χ1v) is 12.5. The molecule has 7 nitrogen and oxygen atoms in total. The minimum absolute atomic E-state index is 0.0373. The number of carbonyl (C=O) groups excluding carboxylic acids is 2. The van der Waals surface area contributed by atoms with Crippen molar-refractivity contribution in [1.82, 2.24) is 20.5 Å². The Morgan fingerprint density at radius 3 is 2.19 bits per heavy atom. The molecule has 1 saturated carbocycles. The van der Waals surface area contributed by atoms with Crippen LogP contribution in [0.1, 0.15) is 52.0 Å². The molecule has 3 aromatic rings. The van der Waals surface area contributed by atoms with E-state index >= 15 is 0 Å². The predicted octanol–water partition coefficient (Wildman–Crippen LogP) is 3.64. The van der Waals surface area contributed by atoms with Crippen LogP contribution in [0.15, 0.2) is 73.1 Å². The first kappa shape index (κ1) is 25.5. The van der Waals surface area contributed by atoms with Crippen molar-refractivity contribution < 1.29 is 14.7 Å². The number of piperidine rings is 1. The number of carbonyl (C=O) groups is 2. The largest absolute Gasteiger partial charge is 0.400 e. The molecule has 0 bridgehead atoms. The first-order chi connectivity index (χ1) is 17.7. The minimum Gasteiger partial charge on any atom is -0.400 e. The van der Waals surface area contributed by atoms with Gasteiger partial charge >= 0.3 is 0 Å². The average molecular weight is 487 g/mol. The van der Waals surface area contributed by atoms with E-state index in [4.69, 9.17) is 5.11 Å². The molecular formula is C29H34N4O3. The fourth-order valence-corrected chi connectivity index (χ4v) is 4.58. The lowest BCUT2D eigenvalue weighted by atomic mass is 10.0. The Morgan fingerprint density at radius 2 is 1.53 bits per heavy atom. The summed E-state index contributed by atoms with van der Waals surface area (Å²) in [5.74, 6) is -0.177. The summed E-state index contributed by atoms with van der Waals surface area (Å²) in [5.41, 5.74) is 4.24. The Bertz CT molecular complexity index is 1140. The first-order valence-electron chi connectivity index (χ1n) is 12.5. The number of likely N-dealkylation sites (tertiary alicyclic amines) is 1. The average Bonchev–Trinajstić information content (AvgIpc) is 3.80. The molecule has 5 rings (SSSR count). The van der Waals surface area contributed by atoms with Gasteiger partial charge in [0.25, 0.3) is 11.8 Å². The lowest BCUT2D eigenvalue weighted by Gasteiger charge is -2.32. The van der Waals surface area contributed by atoms with Gasteiger partial charge in [0, 0.05) is 62.3 Å². The fraction of sp³-hybridized carbons (Fsp3) is 0.345. The Hall–Kier alpha value is -3.55. The molecule has 2 heterocycles. The highest BCUT2D eigenvalue weighted by atomic mass is 16.2. The summed E-state index contributed by atoms with van der Waals surface area (Å²) in [7, 11) is 1.00. The number of aliphatic hydroxyl groups is 1. The molecule has 0 atom stereocenters.